The average Bonchev–Trinajstić information content (AvgIpc) is 3.49. The van der Waals surface area contributed by atoms with Gasteiger partial charge in [-0.1, -0.05) is 43.2 Å². The molecule has 1 saturated heterocycles. The van der Waals surface area contributed by atoms with Crippen molar-refractivity contribution in [1.82, 2.24) is 10.2 Å². The summed E-state index contributed by atoms with van der Waals surface area (Å²) < 4.78 is 18.3. The number of carboxylic acids is 1. The molecule has 3 rings (SSSR count). The van der Waals surface area contributed by atoms with Gasteiger partial charge in [0.1, 0.15) is 12.1 Å². The molecule has 0 radical (unpaired) electrons. The molecule has 1 aliphatic carbocycles. The number of likely N-dealkylation sites (tertiary alicyclic amines) is 1. The van der Waals surface area contributed by atoms with Crippen LogP contribution in [0, 0.1) is 5.92 Å². The molecule has 3 unspecified atom stereocenters. The van der Waals surface area contributed by atoms with Crippen molar-refractivity contribution in [3.63, 3.8) is 0 Å². The van der Waals surface area contributed by atoms with Gasteiger partial charge in [0.25, 0.3) is 12.1 Å². The van der Waals surface area contributed by atoms with Gasteiger partial charge in [0, 0.05) is 12.5 Å². The molecule has 9 heteroatoms. The van der Waals surface area contributed by atoms with Gasteiger partial charge in [-0.15, -0.1) is 4.52 Å². The molecule has 0 aromatic heterocycles. The van der Waals surface area contributed by atoms with E-state index in [1.807, 2.05) is 30.3 Å². The summed E-state index contributed by atoms with van der Waals surface area (Å²) in [5.74, 6) is -1.49. The van der Waals surface area contributed by atoms with Gasteiger partial charge >= 0.3 is 14.0 Å². The lowest BCUT2D eigenvalue weighted by Gasteiger charge is -2.24. The quantitative estimate of drug-likeness (QED) is 0.472. The number of carbonyl (C=O) groups is 3. The monoisotopic (exact) mass is 477 g/mol. The molecule has 2 N–H and O–H groups in total. The van der Waals surface area contributed by atoms with Crippen LogP contribution >= 0.6 is 8.03 Å². The van der Waals surface area contributed by atoms with Crippen molar-refractivity contribution in [2.75, 3.05) is 12.7 Å². The van der Waals surface area contributed by atoms with Gasteiger partial charge in [-0.25, -0.2) is 4.79 Å². The molecule has 180 valence electrons. The topological polar surface area (TPSA) is 113 Å². The molecule has 0 spiro atoms. The van der Waals surface area contributed by atoms with Crippen molar-refractivity contribution >= 4 is 25.8 Å². The number of carboxylic acid groups (broad SMARTS) is 1. The van der Waals surface area contributed by atoms with Crippen LogP contribution in [-0.2, 0) is 29.9 Å². The smallest absolute Gasteiger partial charge is 0.480 e. The molecule has 1 aromatic carbocycles. The van der Waals surface area contributed by atoms with Gasteiger partial charge in [-0.3, -0.25) is 9.59 Å². The Morgan fingerprint density at radius 1 is 1.15 bits per heavy atom. The maximum Gasteiger partial charge on any atom is 0.518 e. The first kappa shape index (κ1) is 25.3. The number of nitrogens with one attached hydrogen (secondary N) is 1. The van der Waals surface area contributed by atoms with Crippen LogP contribution in [0.1, 0.15) is 57.4 Å². The molecule has 8 nitrogen and oxygen atoms in total. The van der Waals surface area contributed by atoms with Crippen LogP contribution in [0.15, 0.2) is 30.3 Å². The Morgan fingerprint density at radius 2 is 1.85 bits per heavy atom. The summed E-state index contributed by atoms with van der Waals surface area (Å²) in [6.07, 6.45) is 5.35. The normalized spacial score (nSPS) is 20.9. The van der Waals surface area contributed by atoms with Crippen molar-refractivity contribution in [3.05, 3.63) is 35.9 Å². The number of aliphatic carboxylic acids is 1. The number of hydrogen-bond donors (Lipinski definition) is 2. The van der Waals surface area contributed by atoms with Gasteiger partial charge in [-0.05, 0) is 55.6 Å². The third-order valence-electron chi connectivity index (χ3n) is 6.61. The van der Waals surface area contributed by atoms with Crippen LogP contribution in [0.2, 0.25) is 0 Å². The van der Waals surface area contributed by atoms with Crippen LogP contribution in [0.4, 0.5) is 0 Å². The highest BCUT2D eigenvalue weighted by Crippen LogP contribution is 2.30. The minimum atomic E-state index is -2.33. The second-order valence-electron chi connectivity index (χ2n) is 9.01. The number of rotatable bonds is 11. The minimum Gasteiger partial charge on any atom is -0.480 e. The SMILES string of the molecule is CC(O[P+](=O)CC(=O)N1CCC[C@H]1C(=O)O)C(CCc1ccccc1)NC(=O)C1CCCC1. The van der Waals surface area contributed by atoms with Crippen molar-refractivity contribution in [3.8, 4) is 0 Å². The summed E-state index contributed by atoms with van der Waals surface area (Å²) in [5.41, 5.74) is 1.14. The minimum absolute atomic E-state index is 0.00804. The molecule has 2 fully saturated rings. The van der Waals surface area contributed by atoms with Crippen LogP contribution < -0.4 is 5.32 Å². The third-order valence-corrected chi connectivity index (χ3v) is 7.71. The first-order valence-corrected chi connectivity index (χ1v) is 13.2. The number of aryl methyl sites for hydroxylation is 1. The lowest BCUT2D eigenvalue weighted by Crippen LogP contribution is -2.45. The lowest BCUT2D eigenvalue weighted by atomic mass is 10.00. The van der Waals surface area contributed by atoms with E-state index in [9.17, 15) is 24.1 Å². The molecule has 0 bridgehead atoms. The molecule has 1 aliphatic heterocycles. The van der Waals surface area contributed by atoms with E-state index in [0.717, 1.165) is 37.7 Å². The molecule has 33 heavy (non-hydrogen) atoms. The second-order valence-corrected chi connectivity index (χ2v) is 10.2. The molecular weight excluding hydrogens is 443 g/mol. The van der Waals surface area contributed by atoms with Crippen molar-refractivity contribution in [2.45, 2.75) is 76.5 Å². The molecule has 2 aliphatic rings. The Morgan fingerprint density at radius 3 is 2.52 bits per heavy atom. The first-order valence-electron chi connectivity index (χ1n) is 11.8. The van der Waals surface area contributed by atoms with Gasteiger partial charge in [0.05, 0.1) is 6.04 Å². The average molecular weight is 478 g/mol. The Balaban J connectivity index is 1.58. The van der Waals surface area contributed by atoms with Gasteiger partial charge < -0.3 is 15.3 Å². The zero-order valence-corrected chi connectivity index (χ0v) is 20.0. The first-order chi connectivity index (χ1) is 15.8. The highest BCUT2D eigenvalue weighted by molar-refractivity contribution is 7.40. The molecule has 1 heterocycles. The largest absolute Gasteiger partial charge is 0.518 e. The molecule has 1 saturated carbocycles. The van der Waals surface area contributed by atoms with Crippen LogP contribution in [0.5, 0.6) is 0 Å². The van der Waals surface area contributed by atoms with Crippen LogP contribution in [-0.4, -0.2) is 58.7 Å². The van der Waals surface area contributed by atoms with E-state index in [1.165, 1.54) is 4.90 Å². The number of hydrogen-bond acceptors (Lipinski definition) is 5. The molecular formula is C24H34N2O6P+. The van der Waals surface area contributed by atoms with Crippen LogP contribution in [0.25, 0.3) is 0 Å². The summed E-state index contributed by atoms with van der Waals surface area (Å²) in [6, 6.07) is 8.73. The Hall–Kier alpha value is -2.31. The zero-order chi connectivity index (χ0) is 23.8. The fourth-order valence-electron chi connectivity index (χ4n) is 4.70. The maximum absolute atomic E-state index is 12.8. The van der Waals surface area contributed by atoms with E-state index in [0.29, 0.717) is 25.8 Å². The highest BCUT2D eigenvalue weighted by atomic mass is 31.1. The molecule has 4 atom stereocenters. The van der Waals surface area contributed by atoms with Crippen molar-refractivity contribution < 1.29 is 28.6 Å². The van der Waals surface area contributed by atoms with E-state index < -0.39 is 32.1 Å². The predicted octanol–water partition coefficient (Wildman–Crippen LogP) is 3.52. The summed E-state index contributed by atoms with van der Waals surface area (Å²) in [4.78, 5) is 37.9. The summed E-state index contributed by atoms with van der Waals surface area (Å²) in [6.45, 7) is 2.11. The van der Waals surface area contributed by atoms with E-state index in [-0.39, 0.29) is 24.0 Å². The number of carbonyl (C=O) groups excluding carboxylic acids is 2. The van der Waals surface area contributed by atoms with Crippen molar-refractivity contribution in [2.24, 2.45) is 5.92 Å². The van der Waals surface area contributed by atoms with Crippen LogP contribution in [0.3, 0.4) is 0 Å². The Labute approximate surface area is 195 Å². The summed E-state index contributed by atoms with van der Waals surface area (Å²) >= 11 is 0. The zero-order valence-electron chi connectivity index (χ0n) is 19.2. The third kappa shape index (κ3) is 7.34. The lowest BCUT2D eigenvalue weighted by molar-refractivity contribution is -0.147. The van der Waals surface area contributed by atoms with E-state index in [1.54, 1.807) is 6.92 Å². The number of nitrogens with zero attached hydrogens (tertiary/aromatic N) is 1. The van der Waals surface area contributed by atoms with Gasteiger partial charge in [-0.2, -0.15) is 0 Å². The maximum atomic E-state index is 12.8. The molecule has 1 aromatic rings. The second kappa shape index (κ2) is 12.2. The number of amides is 2. The standard InChI is InChI=1S/C24H33N2O6P/c1-17(32-33(31)16-22(27)26-15-7-12-21(26)24(29)30)20(14-13-18-8-3-2-4-9-18)25-23(28)19-10-5-6-11-19/h2-4,8-9,17,19-21H,5-7,10-16H2,1H3,(H-,25,28,29,30)/p+1/t17?,20?,21-/m0/s1. The fraction of sp³-hybridized carbons (Fsp3) is 0.625. The van der Waals surface area contributed by atoms with E-state index >= 15 is 0 Å². The Bertz CT molecular complexity index is 843. The number of benzene rings is 1. The van der Waals surface area contributed by atoms with Gasteiger partial charge in [0.2, 0.25) is 5.91 Å². The summed E-state index contributed by atoms with van der Waals surface area (Å²) in [5, 5.41) is 12.4. The van der Waals surface area contributed by atoms with Crippen molar-refractivity contribution in [1.29, 1.82) is 0 Å². The Kier molecular flexibility index (Phi) is 9.39. The fourth-order valence-corrected chi connectivity index (χ4v) is 5.69. The highest BCUT2D eigenvalue weighted by Gasteiger charge is 2.39. The van der Waals surface area contributed by atoms with E-state index in [2.05, 4.69) is 5.32 Å². The predicted molar refractivity (Wildman–Crippen MR) is 124 cm³/mol. The summed E-state index contributed by atoms with van der Waals surface area (Å²) in [7, 11) is -2.33. The van der Waals surface area contributed by atoms with Gasteiger partial charge in [0.15, 0.2) is 0 Å². The van der Waals surface area contributed by atoms with E-state index in [4.69, 9.17) is 4.52 Å². The molecule has 2 amide bonds.